The van der Waals surface area contributed by atoms with Gasteiger partial charge < -0.3 is 28.5 Å². The summed E-state index contributed by atoms with van der Waals surface area (Å²) in [5.41, 5.74) is 1.29. The summed E-state index contributed by atoms with van der Waals surface area (Å²) in [6.45, 7) is 2.08. The van der Waals surface area contributed by atoms with Crippen molar-refractivity contribution < 1.29 is 28.5 Å². The summed E-state index contributed by atoms with van der Waals surface area (Å²) in [7, 11) is 6.08. The van der Waals surface area contributed by atoms with E-state index < -0.39 is 0 Å². The molecule has 2 aromatic carbocycles. The van der Waals surface area contributed by atoms with E-state index in [9.17, 15) is 9.90 Å². The highest BCUT2D eigenvalue weighted by atomic mass is 16.5. The van der Waals surface area contributed by atoms with Gasteiger partial charge in [-0.25, -0.2) is 0 Å². The van der Waals surface area contributed by atoms with Gasteiger partial charge >= 0.3 is 0 Å². The molecule has 0 saturated carbocycles. The molecular weight excluding hydrogens is 388 g/mol. The lowest BCUT2D eigenvalue weighted by molar-refractivity contribution is 0.324. The standard InChI is InChI=1S/C23H26O7/c1-6-7-8-14-18(26-2)12-16(25)21-15(24)11-17(30-22(14)21)13-9-19(27-3)23(29-5)20(10-13)28-4/h9-12,25H,6-8H2,1-5H3. The van der Waals surface area contributed by atoms with Crippen molar-refractivity contribution in [2.24, 2.45) is 0 Å². The Morgan fingerprint density at radius 1 is 0.900 bits per heavy atom. The van der Waals surface area contributed by atoms with Crippen molar-refractivity contribution >= 4 is 11.0 Å². The summed E-state index contributed by atoms with van der Waals surface area (Å²) >= 11 is 0. The third kappa shape index (κ3) is 3.75. The monoisotopic (exact) mass is 414 g/mol. The first kappa shape index (κ1) is 21.4. The molecule has 0 spiro atoms. The number of rotatable bonds is 8. The molecule has 3 rings (SSSR count). The SMILES string of the molecule is CCCCc1c(OC)cc(O)c2c(=O)cc(-c3cc(OC)c(OC)c(OC)c3)oc12. The molecule has 0 atom stereocenters. The van der Waals surface area contributed by atoms with Crippen molar-refractivity contribution in [3.8, 4) is 40.1 Å². The number of hydrogen-bond donors (Lipinski definition) is 1. The number of methoxy groups -OCH3 is 4. The number of aromatic hydroxyl groups is 1. The van der Waals surface area contributed by atoms with Gasteiger partial charge in [-0.3, -0.25) is 4.79 Å². The van der Waals surface area contributed by atoms with Gasteiger partial charge in [0.05, 0.1) is 28.4 Å². The lowest BCUT2D eigenvalue weighted by atomic mass is 10.0. The van der Waals surface area contributed by atoms with Crippen LogP contribution in [0.3, 0.4) is 0 Å². The van der Waals surface area contributed by atoms with Gasteiger partial charge in [-0.15, -0.1) is 0 Å². The highest BCUT2D eigenvalue weighted by molar-refractivity contribution is 5.89. The minimum Gasteiger partial charge on any atom is -0.507 e. The van der Waals surface area contributed by atoms with Crippen molar-refractivity contribution in [1.82, 2.24) is 0 Å². The maximum Gasteiger partial charge on any atom is 0.203 e. The predicted molar refractivity (Wildman–Crippen MR) is 114 cm³/mol. The van der Waals surface area contributed by atoms with Gasteiger partial charge in [-0.2, -0.15) is 0 Å². The highest BCUT2D eigenvalue weighted by Crippen LogP contribution is 2.42. The van der Waals surface area contributed by atoms with Crippen molar-refractivity contribution in [2.75, 3.05) is 28.4 Å². The van der Waals surface area contributed by atoms with Gasteiger partial charge in [-0.1, -0.05) is 13.3 Å². The zero-order valence-electron chi connectivity index (χ0n) is 17.8. The predicted octanol–water partition coefficient (Wildman–Crippen LogP) is 4.54. The Kier molecular flexibility index (Phi) is 6.40. The van der Waals surface area contributed by atoms with Gasteiger partial charge in [0.2, 0.25) is 5.75 Å². The van der Waals surface area contributed by atoms with E-state index in [0.717, 1.165) is 18.4 Å². The molecule has 30 heavy (non-hydrogen) atoms. The largest absolute Gasteiger partial charge is 0.507 e. The van der Waals surface area contributed by atoms with Crippen LogP contribution < -0.4 is 24.4 Å². The Hall–Kier alpha value is -3.35. The molecule has 1 heterocycles. The molecule has 0 bridgehead atoms. The Morgan fingerprint density at radius 2 is 1.53 bits per heavy atom. The van der Waals surface area contributed by atoms with Crippen LogP contribution in [-0.4, -0.2) is 33.5 Å². The number of phenols is 1. The summed E-state index contributed by atoms with van der Waals surface area (Å²) in [6.07, 6.45) is 2.49. The van der Waals surface area contributed by atoms with E-state index in [4.69, 9.17) is 23.4 Å². The van der Waals surface area contributed by atoms with Crippen LogP contribution in [-0.2, 0) is 6.42 Å². The topological polar surface area (TPSA) is 87.4 Å². The van der Waals surface area contributed by atoms with Crippen LogP contribution in [0.4, 0.5) is 0 Å². The van der Waals surface area contributed by atoms with Gasteiger partial charge in [0.1, 0.15) is 28.2 Å². The van der Waals surface area contributed by atoms with E-state index in [1.165, 1.54) is 40.6 Å². The molecule has 0 unspecified atom stereocenters. The zero-order valence-corrected chi connectivity index (χ0v) is 17.8. The van der Waals surface area contributed by atoms with E-state index in [1.807, 2.05) is 0 Å². The van der Waals surface area contributed by atoms with E-state index in [1.54, 1.807) is 12.1 Å². The highest BCUT2D eigenvalue weighted by Gasteiger charge is 2.21. The molecule has 0 aliphatic rings. The normalized spacial score (nSPS) is 10.8. The Balaban J connectivity index is 2.32. The maximum absolute atomic E-state index is 12.9. The smallest absolute Gasteiger partial charge is 0.203 e. The number of aryl methyl sites for hydroxylation is 1. The molecule has 3 aromatic rings. The van der Waals surface area contributed by atoms with Gasteiger partial charge in [0.15, 0.2) is 16.9 Å². The van der Waals surface area contributed by atoms with Crippen LogP contribution in [0.2, 0.25) is 0 Å². The first-order valence-corrected chi connectivity index (χ1v) is 9.66. The summed E-state index contributed by atoms with van der Waals surface area (Å²) < 4.78 is 27.8. The first-order valence-electron chi connectivity index (χ1n) is 9.66. The fraction of sp³-hybridized carbons (Fsp3) is 0.348. The quantitative estimate of drug-likeness (QED) is 0.579. The second kappa shape index (κ2) is 8.98. The third-order valence-electron chi connectivity index (χ3n) is 4.99. The molecule has 1 aromatic heterocycles. The fourth-order valence-corrected chi connectivity index (χ4v) is 3.48. The lowest BCUT2D eigenvalue weighted by Gasteiger charge is -2.15. The minimum absolute atomic E-state index is 0.137. The molecular formula is C23H26O7. The number of ether oxygens (including phenoxy) is 4. The average Bonchev–Trinajstić information content (AvgIpc) is 2.76. The molecule has 0 aliphatic heterocycles. The molecule has 7 heteroatoms. The second-order valence-electron chi connectivity index (χ2n) is 6.77. The summed E-state index contributed by atoms with van der Waals surface area (Å²) in [4.78, 5) is 12.9. The number of hydrogen-bond acceptors (Lipinski definition) is 7. The number of benzene rings is 2. The van der Waals surface area contributed by atoms with Crippen LogP contribution >= 0.6 is 0 Å². The molecule has 0 radical (unpaired) electrons. The van der Waals surface area contributed by atoms with Gasteiger partial charge in [0.25, 0.3) is 0 Å². The van der Waals surface area contributed by atoms with Crippen LogP contribution in [0.1, 0.15) is 25.3 Å². The Labute approximate surface area is 174 Å². The number of phenolic OH excluding ortho intramolecular Hbond substituents is 1. The average molecular weight is 414 g/mol. The van der Waals surface area contributed by atoms with E-state index in [2.05, 4.69) is 6.92 Å². The van der Waals surface area contributed by atoms with Crippen molar-refractivity contribution in [3.63, 3.8) is 0 Å². The van der Waals surface area contributed by atoms with Gasteiger partial charge in [-0.05, 0) is 25.0 Å². The van der Waals surface area contributed by atoms with E-state index in [-0.39, 0.29) is 16.6 Å². The van der Waals surface area contributed by atoms with E-state index in [0.29, 0.717) is 46.3 Å². The summed E-state index contributed by atoms with van der Waals surface area (Å²) in [6, 6.07) is 6.22. The summed E-state index contributed by atoms with van der Waals surface area (Å²) in [5.74, 6) is 1.95. The van der Waals surface area contributed by atoms with Crippen molar-refractivity contribution in [3.05, 3.63) is 40.1 Å². The van der Waals surface area contributed by atoms with Crippen molar-refractivity contribution in [1.29, 1.82) is 0 Å². The van der Waals surface area contributed by atoms with Crippen molar-refractivity contribution in [2.45, 2.75) is 26.2 Å². The first-order chi connectivity index (χ1) is 14.5. The lowest BCUT2D eigenvalue weighted by Crippen LogP contribution is -2.05. The number of fused-ring (bicyclic) bond motifs is 1. The molecule has 0 amide bonds. The maximum atomic E-state index is 12.9. The fourth-order valence-electron chi connectivity index (χ4n) is 3.48. The van der Waals surface area contributed by atoms with Crippen LogP contribution in [0.25, 0.3) is 22.3 Å². The Bertz CT molecular complexity index is 1090. The number of unbranched alkanes of at least 4 members (excludes halogenated alkanes) is 1. The summed E-state index contributed by atoms with van der Waals surface area (Å²) in [5, 5.41) is 10.5. The molecule has 0 aliphatic carbocycles. The molecule has 160 valence electrons. The minimum atomic E-state index is -0.349. The zero-order chi connectivity index (χ0) is 21.8. The second-order valence-corrected chi connectivity index (χ2v) is 6.77. The van der Waals surface area contributed by atoms with Crippen LogP contribution in [0, 0.1) is 0 Å². The molecule has 0 fully saturated rings. The third-order valence-corrected chi connectivity index (χ3v) is 4.99. The van der Waals surface area contributed by atoms with Crippen LogP contribution in [0.5, 0.6) is 28.7 Å². The Morgan fingerprint density at radius 3 is 2.07 bits per heavy atom. The molecule has 7 nitrogen and oxygen atoms in total. The molecule has 1 N–H and O–H groups in total. The van der Waals surface area contributed by atoms with Crippen LogP contribution in [0.15, 0.2) is 33.5 Å². The molecule has 0 saturated heterocycles. The van der Waals surface area contributed by atoms with E-state index >= 15 is 0 Å². The van der Waals surface area contributed by atoms with Gasteiger partial charge in [0, 0.05) is 23.3 Å².